The Labute approximate surface area is 204 Å². The first kappa shape index (κ1) is 21.6. The third-order valence-electron chi connectivity index (χ3n) is 9.02. The van der Waals surface area contributed by atoms with E-state index in [4.69, 9.17) is 9.84 Å². The molecule has 1 unspecified atom stereocenters. The quantitative estimate of drug-likeness (QED) is 0.564. The Morgan fingerprint density at radius 3 is 2.69 bits per heavy atom. The summed E-state index contributed by atoms with van der Waals surface area (Å²) >= 11 is 0. The number of ether oxygens (including phenoxy) is 1. The van der Waals surface area contributed by atoms with E-state index in [-0.39, 0.29) is 5.56 Å². The predicted molar refractivity (Wildman–Crippen MR) is 133 cm³/mol. The van der Waals surface area contributed by atoms with Gasteiger partial charge in [0.1, 0.15) is 5.39 Å². The van der Waals surface area contributed by atoms with Gasteiger partial charge in [0.2, 0.25) is 0 Å². The predicted octanol–water partition coefficient (Wildman–Crippen LogP) is 4.24. The lowest BCUT2D eigenvalue weighted by Crippen LogP contribution is -2.41. The molecule has 2 aliphatic heterocycles. The molecule has 2 saturated carbocycles. The van der Waals surface area contributed by atoms with Crippen LogP contribution in [0.2, 0.25) is 0 Å². The second kappa shape index (κ2) is 7.43. The molecule has 2 N–H and O–H groups in total. The maximum atomic E-state index is 13.3. The molecular weight excluding hydrogens is 464 g/mol. The summed E-state index contributed by atoms with van der Waals surface area (Å²) in [4.78, 5) is 16.1. The lowest BCUT2D eigenvalue weighted by atomic mass is 9.86. The number of fused-ring (bicyclic) bond motifs is 2. The number of pyridine rings is 1. The van der Waals surface area contributed by atoms with Gasteiger partial charge >= 0.3 is 0 Å². The summed E-state index contributed by atoms with van der Waals surface area (Å²) in [5.74, 6) is 0.529. The van der Waals surface area contributed by atoms with Crippen molar-refractivity contribution in [3.8, 4) is 0 Å². The van der Waals surface area contributed by atoms with Crippen LogP contribution in [0.3, 0.4) is 0 Å². The van der Waals surface area contributed by atoms with Crippen molar-refractivity contribution in [3.63, 3.8) is 0 Å². The van der Waals surface area contributed by atoms with Crippen LogP contribution in [0.5, 0.6) is 0 Å². The van der Waals surface area contributed by atoms with Crippen molar-refractivity contribution in [1.82, 2.24) is 14.8 Å². The van der Waals surface area contributed by atoms with Gasteiger partial charge in [0.05, 0.1) is 21.2 Å². The van der Waals surface area contributed by atoms with E-state index in [1.807, 2.05) is 12.1 Å². The Bertz CT molecular complexity index is 1490. The van der Waals surface area contributed by atoms with Crippen LogP contribution in [0, 0.1) is 5.41 Å². The molecule has 2 aromatic heterocycles. The normalized spacial score (nSPS) is 25.7. The molecule has 3 aromatic rings. The van der Waals surface area contributed by atoms with Crippen LogP contribution >= 0.6 is 0 Å². The molecule has 2 aliphatic carbocycles. The van der Waals surface area contributed by atoms with Gasteiger partial charge in [-0.05, 0) is 73.8 Å². The fourth-order valence-corrected chi connectivity index (χ4v) is 9.19. The Kier molecular flexibility index (Phi) is 4.59. The van der Waals surface area contributed by atoms with Crippen molar-refractivity contribution in [3.05, 3.63) is 46.4 Å². The number of sulfone groups is 1. The molecule has 1 aromatic carbocycles. The van der Waals surface area contributed by atoms with E-state index < -0.39 is 14.6 Å². The van der Waals surface area contributed by atoms with Crippen LogP contribution in [-0.2, 0) is 21.0 Å². The summed E-state index contributed by atoms with van der Waals surface area (Å²) in [6.07, 6.45) is 10.7. The summed E-state index contributed by atoms with van der Waals surface area (Å²) in [5, 5.41) is 8.83. The van der Waals surface area contributed by atoms with E-state index >= 15 is 0 Å². The molecule has 9 heteroatoms. The third-order valence-corrected chi connectivity index (χ3v) is 11.7. The van der Waals surface area contributed by atoms with E-state index in [1.165, 1.54) is 32.1 Å². The Hall–Kier alpha value is -2.65. The highest BCUT2D eigenvalue weighted by atomic mass is 32.2. The van der Waals surface area contributed by atoms with Crippen LogP contribution < -0.4 is 10.9 Å². The topological polar surface area (TPSA) is 106 Å². The third kappa shape index (κ3) is 3.10. The van der Waals surface area contributed by atoms with E-state index in [1.54, 1.807) is 18.3 Å². The van der Waals surface area contributed by atoms with E-state index in [9.17, 15) is 13.2 Å². The molecule has 1 saturated heterocycles. The molecule has 35 heavy (non-hydrogen) atoms. The van der Waals surface area contributed by atoms with E-state index in [0.29, 0.717) is 60.0 Å². The average Bonchev–Trinajstić information content (AvgIpc) is 3.32. The van der Waals surface area contributed by atoms with Gasteiger partial charge in [0, 0.05) is 25.1 Å². The Balaban J connectivity index is 1.25. The van der Waals surface area contributed by atoms with Crippen molar-refractivity contribution in [2.24, 2.45) is 5.41 Å². The maximum absolute atomic E-state index is 13.3. The summed E-state index contributed by atoms with van der Waals surface area (Å²) in [6.45, 7) is 0.959. The molecule has 0 bridgehead atoms. The number of rotatable bonds is 3. The van der Waals surface area contributed by atoms with E-state index in [0.717, 1.165) is 23.2 Å². The highest BCUT2D eigenvalue weighted by Crippen LogP contribution is 2.64. The Morgan fingerprint density at radius 1 is 1.09 bits per heavy atom. The van der Waals surface area contributed by atoms with Gasteiger partial charge in [-0.25, -0.2) is 8.42 Å². The number of H-pyrrole nitrogens is 1. The summed E-state index contributed by atoms with van der Waals surface area (Å²) < 4.78 is 33.5. The molecule has 0 amide bonds. The number of nitrogens with zero attached hydrogens (tertiary/aromatic N) is 2. The number of anilines is 2. The van der Waals surface area contributed by atoms with Gasteiger partial charge in [-0.1, -0.05) is 19.3 Å². The SMILES string of the molecule is O=c1[nH]ccc2c1c(Nc1ccc3c(c1)CC1(CCOCC1)S3(=O)=O)nn2C1CC12CCCCC2. The second-order valence-electron chi connectivity index (χ2n) is 10.9. The monoisotopic (exact) mass is 494 g/mol. The van der Waals surface area contributed by atoms with Crippen LogP contribution in [0.4, 0.5) is 11.5 Å². The molecule has 3 fully saturated rings. The number of nitrogens with one attached hydrogen (secondary N) is 2. The van der Waals surface area contributed by atoms with Crippen LogP contribution in [-0.4, -0.2) is 41.1 Å². The molecule has 184 valence electrons. The van der Waals surface area contributed by atoms with Gasteiger partial charge < -0.3 is 15.0 Å². The first-order valence-electron chi connectivity index (χ1n) is 12.7. The number of hydrogen-bond acceptors (Lipinski definition) is 6. The number of aromatic amines is 1. The number of aromatic nitrogens is 3. The average molecular weight is 495 g/mol. The standard InChI is InChI=1S/C26H30N4O4S/c31-24-22-19(6-11-27-24)30(21-16-25(21)7-2-1-3-8-25)29-23(22)28-18-4-5-20-17(14-18)15-26(35(20,32)33)9-12-34-13-10-26/h4-6,11,14,21H,1-3,7-10,12-13,15-16H2,(H,27,31)(H,28,29). The summed E-state index contributed by atoms with van der Waals surface area (Å²) in [7, 11) is -3.40. The zero-order chi connectivity index (χ0) is 23.8. The van der Waals surface area contributed by atoms with Crippen molar-refractivity contribution in [2.45, 2.75) is 73.5 Å². The zero-order valence-corrected chi connectivity index (χ0v) is 20.5. The zero-order valence-electron chi connectivity index (χ0n) is 19.7. The molecule has 8 nitrogen and oxygen atoms in total. The molecule has 4 aliphatic rings. The van der Waals surface area contributed by atoms with Crippen molar-refractivity contribution >= 4 is 32.2 Å². The molecule has 2 spiro atoms. The highest BCUT2D eigenvalue weighted by Gasteiger charge is 2.56. The van der Waals surface area contributed by atoms with E-state index in [2.05, 4.69) is 15.0 Å². The van der Waals surface area contributed by atoms with Crippen molar-refractivity contribution in [1.29, 1.82) is 0 Å². The van der Waals surface area contributed by atoms with Crippen LogP contribution in [0.1, 0.15) is 63.0 Å². The number of benzene rings is 1. The van der Waals surface area contributed by atoms with Crippen LogP contribution in [0.25, 0.3) is 10.9 Å². The molecule has 0 radical (unpaired) electrons. The van der Waals surface area contributed by atoms with Gasteiger partial charge in [0.25, 0.3) is 5.56 Å². The Morgan fingerprint density at radius 2 is 1.89 bits per heavy atom. The molecular formula is C26H30N4O4S. The van der Waals surface area contributed by atoms with Gasteiger partial charge in [0.15, 0.2) is 15.7 Å². The fourth-order valence-electron chi connectivity index (χ4n) is 6.95. The summed E-state index contributed by atoms with van der Waals surface area (Å²) in [5.41, 5.74) is 2.60. The molecule has 7 rings (SSSR count). The molecule has 1 atom stereocenters. The lowest BCUT2D eigenvalue weighted by molar-refractivity contribution is 0.0758. The fraction of sp³-hybridized carbons (Fsp3) is 0.538. The van der Waals surface area contributed by atoms with Crippen molar-refractivity contribution < 1.29 is 13.2 Å². The lowest BCUT2D eigenvalue weighted by Gasteiger charge is -2.31. The van der Waals surface area contributed by atoms with Crippen molar-refractivity contribution in [2.75, 3.05) is 18.5 Å². The van der Waals surface area contributed by atoms with Gasteiger partial charge in [-0.15, -0.1) is 0 Å². The first-order chi connectivity index (χ1) is 16.9. The van der Waals surface area contributed by atoms with Gasteiger partial charge in [-0.2, -0.15) is 5.10 Å². The summed E-state index contributed by atoms with van der Waals surface area (Å²) in [6, 6.07) is 7.68. The highest BCUT2D eigenvalue weighted by molar-refractivity contribution is 7.93. The second-order valence-corrected chi connectivity index (χ2v) is 13.2. The molecule has 4 heterocycles. The first-order valence-corrected chi connectivity index (χ1v) is 14.2. The largest absolute Gasteiger partial charge is 0.381 e. The minimum absolute atomic E-state index is 0.167. The smallest absolute Gasteiger partial charge is 0.261 e. The van der Waals surface area contributed by atoms with Crippen LogP contribution in [0.15, 0.2) is 40.2 Å². The number of hydrogen-bond donors (Lipinski definition) is 2. The minimum atomic E-state index is -3.40. The minimum Gasteiger partial charge on any atom is -0.381 e. The maximum Gasteiger partial charge on any atom is 0.261 e. The van der Waals surface area contributed by atoms with Gasteiger partial charge in [-0.3, -0.25) is 9.48 Å².